The van der Waals surface area contributed by atoms with Gasteiger partial charge in [0.1, 0.15) is 0 Å². The molecule has 0 saturated heterocycles. The molecule has 0 aliphatic heterocycles. The Morgan fingerprint density at radius 3 is 2.27 bits per heavy atom. The Kier molecular flexibility index (Phi) is 3.39. The van der Waals surface area contributed by atoms with Crippen LogP contribution in [0.4, 0.5) is 2.86 Å². The Bertz CT molecular complexity index is 224. The predicted octanol–water partition coefficient (Wildman–Crippen LogP) is 3.41. The normalized spacial score (nSPS) is 11.0. The van der Waals surface area contributed by atoms with Crippen LogP contribution in [0, 0.1) is 3.57 Å². The third kappa shape index (κ3) is 2.48. The second-order valence-corrected chi connectivity index (χ2v) is 5.91. The van der Waals surface area contributed by atoms with Crippen LogP contribution in [0.15, 0.2) is 24.3 Å². The molecule has 0 aromatic heterocycles. The van der Waals surface area contributed by atoms with E-state index >= 15 is 0 Å². The minimum atomic E-state index is -2.80. The van der Waals surface area contributed by atoms with E-state index in [0.29, 0.717) is 3.57 Å². The average molecular weight is 288 g/mol. The molecular formula is C7H7ClFIO. The summed E-state index contributed by atoms with van der Waals surface area (Å²) in [6.45, 7) is 0. The number of ether oxygens (including phenoxy) is 1. The molecule has 4 heteroatoms. The number of hydrogen-bond donors (Lipinski definition) is 0. The molecule has 1 nitrogen and oxygen atoms in total. The van der Waals surface area contributed by atoms with Gasteiger partial charge in [0.25, 0.3) is 0 Å². The van der Waals surface area contributed by atoms with Crippen molar-refractivity contribution in [1.29, 1.82) is 0 Å². The van der Waals surface area contributed by atoms with Crippen molar-refractivity contribution in [3.8, 4) is 5.75 Å². The summed E-state index contributed by atoms with van der Waals surface area (Å²) in [5, 5.41) is 0. The fourth-order valence-electron chi connectivity index (χ4n) is 0.666. The molecule has 0 saturated carbocycles. The minimum absolute atomic E-state index is 0.608. The topological polar surface area (TPSA) is 9.23 Å². The van der Waals surface area contributed by atoms with Gasteiger partial charge >= 0.3 is 76.5 Å². The summed E-state index contributed by atoms with van der Waals surface area (Å²) in [5.74, 6) is 0.725. The number of benzene rings is 1. The van der Waals surface area contributed by atoms with Crippen molar-refractivity contribution >= 4 is 28.2 Å². The maximum atomic E-state index is 12.6. The zero-order chi connectivity index (χ0) is 8.27. The van der Waals surface area contributed by atoms with E-state index in [4.69, 9.17) is 13.6 Å². The standard InChI is InChI=1S/C7H7ClFIO/c1-11-7-4-2-6(3-5-7)10(8)9/h2-5H,1H3. The zero-order valence-corrected chi connectivity index (χ0v) is 8.76. The van der Waals surface area contributed by atoms with Gasteiger partial charge in [0.05, 0.1) is 0 Å². The predicted molar refractivity (Wildman–Crippen MR) is 52.7 cm³/mol. The van der Waals surface area contributed by atoms with Crippen LogP contribution >= 0.6 is 28.2 Å². The molecule has 1 aromatic rings. The molecule has 0 unspecified atom stereocenters. The zero-order valence-electron chi connectivity index (χ0n) is 5.85. The molecule has 0 bridgehead atoms. The first-order valence-electron chi connectivity index (χ1n) is 2.91. The summed E-state index contributed by atoms with van der Waals surface area (Å²) in [6, 6.07) is 6.75. The maximum absolute atomic E-state index is 12.6. The van der Waals surface area contributed by atoms with E-state index in [2.05, 4.69) is 0 Å². The van der Waals surface area contributed by atoms with E-state index in [1.807, 2.05) is 0 Å². The fourth-order valence-corrected chi connectivity index (χ4v) is 2.21. The van der Waals surface area contributed by atoms with Crippen molar-refractivity contribution in [2.24, 2.45) is 0 Å². The van der Waals surface area contributed by atoms with Crippen molar-refractivity contribution in [3.05, 3.63) is 27.8 Å². The Balaban J connectivity index is 2.83. The molecule has 0 atom stereocenters. The summed E-state index contributed by atoms with van der Waals surface area (Å²) in [5.41, 5.74) is 0. The van der Waals surface area contributed by atoms with Crippen LogP contribution in [0.1, 0.15) is 0 Å². The van der Waals surface area contributed by atoms with Crippen molar-refractivity contribution in [3.63, 3.8) is 0 Å². The SMILES string of the molecule is COc1ccc(I(F)Cl)cc1. The Labute approximate surface area is 76.4 Å². The van der Waals surface area contributed by atoms with Crippen molar-refractivity contribution in [2.75, 3.05) is 7.11 Å². The van der Waals surface area contributed by atoms with Gasteiger partial charge in [-0.15, -0.1) is 0 Å². The third-order valence-electron chi connectivity index (χ3n) is 1.21. The molecule has 1 rings (SSSR count). The Morgan fingerprint density at radius 1 is 1.36 bits per heavy atom. The Hall–Kier alpha value is -0.0300. The summed E-state index contributed by atoms with van der Waals surface area (Å²) in [6.07, 6.45) is 0. The van der Waals surface area contributed by atoms with Crippen LogP contribution in [0.25, 0.3) is 0 Å². The molecular weight excluding hydrogens is 281 g/mol. The third-order valence-corrected chi connectivity index (χ3v) is 3.98. The Morgan fingerprint density at radius 2 is 1.91 bits per heavy atom. The van der Waals surface area contributed by atoms with E-state index < -0.39 is 19.3 Å². The first-order chi connectivity index (χ1) is 5.24. The molecule has 62 valence electrons. The number of hydrogen-bond acceptors (Lipinski definition) is 1. The first kappa shape index (κ1) is 9.06. The fraction of sp³-hybridized carbons (Fsp3) is 0.143. The number of halogens is 3. The van der Waals surface area contributed by atoms with Crippen LogP contribution in [-0.2, 0) is 0 Å². The van der Waals surface area contributed by atoms with Crippen LogP contribution < -0.4 is 4.74 Å². The van der Waals surface area contributed by atoms with Gasteiger partial charge in [-0.3, -0.25) is 0 Å². The van der Waals surface area contributed by atoms with Crippen molar-refractivity contribution < 1.29 is 7.60 Å². The molecule has 0 heterocycles. The van der Waals surface area contributed by atoms with E-state index in [1.54, 1.807) is 31.4 Å². The molecule has 0 amide bonds. The van der Waals surface area contributed by atoms with Gasteiger partial charge in [-0.2, -0.15) is 0 Å². The van der Waals surface area contributed by atoms with Gasteiger partial charge in [0.2, 0.25) is 0 Å². The number of rotatable bonds is 2. The van der Waals surface area contributed by atoms with E-state index in [9.17, 15) is 2.86 Å². The van der Waals surface area contributed by atoms with Crippen LogP contribution in [0.3, 0.4) is 0 Å². The van der Waals surface area contributed by atoms with Gasteiger partial charge in [-0.05, 0) is 0 Å². The van der Waals surface area contributed by atoms with Crippen LogP contribution in [-0.4, -0.2) is 7.11 Å². The van der Waals surface area contributed by atoms with Gasteiger partial charge < -0.3 is 0 Å². The van der Waals surface area contributed by atoms with E-state index in [1.165, 1.54) is 0 Å². The summed E-state index contributed by atoms with van der Waals surface area (Å²) in [7, 11) is 6.92. The van der Waals surface area contributed by atoms with Crippen LogP contribution in [0.5, 0.6) is 5.75 Å². The van der Waals surface area contributed by atoms with Crippen LogP contribution in [0.2, 0.25) is 0 Å². The van der Waals surface area contributed by atoms with Gasteiger partial charge in [0.15, 0.2) is 0 Å². The summed E-state index contributed by atoms with van der Waals surface area (Å²) < 4.78 is 18.1. The molecule has 0 N–H and O–H groups in total. The average Bonchev–Trinajstić information content (AvgIpc) is 2.05. The second kappa shape index (κ2) is 4.11. The molecule has 0 spiro atoms. The molecule has 11 heavy (non-hydrogen) atoms. The molecule has 1 aromatic carbocycles. The number of methoxy groups -OCH3 is 1. The monoisotopic (exact) mass is 288 g/mol. The summed E-state index contributed by atoms with van der Waals surface area (Å²) >= 11 is -2.80. The summed E-state index contributed by atoms with van der Waals surface area (Å²) in [4.78, 5) is 0. The van der Waals surface area contributed by atoms with Gasteiger partial charge in [0, 0.05) is 0 Å². The van der Waals surface area contributed by atoms with E-state index in [0.717, 1.165) is 5.75 Å². The first-order valence-corrected chi connectivity index (χ1v) is 7.53. The quantitative estimate of drug-likeness (QED) is 0.758. The van der Waals surface area contributed by atoms with Crippen molar-refractivity contribution in [2.45, 2.75) is 0 Å². The molecule has 0 aliphatic carbocycles. The molecule has 0 radical (unpaired) electrons. The molecule has 0 aliphatic rings. The van der Waals surface area contributed by atoms with Crippen molar-refractivity contribution in [1.82, 2.24) is 0 Å². The second-order valence-electron chi connectivity index (χ2n) is 1.85. The van der Waals surface area contributed by atoms with Gasteiger partial charge in [-0.25, -0.2) is 0 Å². The van der Waals surface area contributed by atoms with Gasteiger partial charge in [-0.1, -0.05) is 0 Å². The molecule has 0 fully saturated rings. The van der Waals surface area contributed by atoms with E-state index in [-0.39, 0.29) is 0 Å².